The molecule has 1 aromatic heterocycles. The smallest absolute Gasteiger partial charge is 0.264 e. The van der Waals surface area contributed by atoms with Crippen molar-refractivity contribution in [1.29, 1.82) is 0 Å². The van der Waals surface area contributed by atoms with Crippen molar-refractivity contribution in [2.75, 3.05) is 53.0 Å². The largest absolute Gasteiger partial charge is 0.382 e. The molecule has 0 saturated heterocycles. The third-order valence-electron chi connectivity index (χ3n) is 2.51. The molecule has 0 aliphatic heterocycles. The fourth-order valence-electron chi connectivity index (χ4n) is 1.48. The summed E-state index contributed by atoms with van der Waals surface area (Å²) in [4.78, 5) is 0. The van der Waals surface area contributed by atoms with Gasteiger partial charge in [0.05, 0.1) is 58.1 Å². The Morgan fingerprint density at radius 1 is 1.09 bits per heavy atom. The first-order valence-corrected chi connectivity index (χ1v) is 8.71. The maximum atomic E-state index is 10.8. The van der Waals surface area contributed by atoms with Crippen LogP contribution in [0.1, 0.15) is 5.69 Å². The molecule has 0 amide bonds. The van der Waals surface area contributed by atoms with E-state index >= 15 is 0 Å². The van der Waals surface area contributed by atoms with Gasteiger partial charge in [-0.05, 0) is 0 Å². The molecule has 1 aromatic rings. The highest BCUT2D eigenvalue weighted by molar-refractivity contribution is 7.85. The van der Waals surface area contributed by atoms with E-state index in [0.29, 0.717) is 51.7 Å². The van der Waals surface area contributed by atoms with Crippen molar-refractivity contribution in [1.82, 2.24) is 15.0 Å². The van der Waals surface area contributed by atoms with Gasteiger partial charge in [0.25, 0.3) is 10.1 Å². The Bertz CT molecular complexity index is 505. The lowest BCUT2D eigenvalue weighted by molar-refractivity contribution is 0.0224. The second kappa shape index (κ2) is 10.6. The maximum absolute atomic E-state index is 10.8. The summed E-state index contributed by atoms with van der Waals surface area (Å²) in [5, 5.41) is 7.85. The van der Waals surface area contributed by atoms with Crippen LogP contribution in [-0.4, -0.2) is 76.4 Å². The maximum Gasteiger partial charge on any atom is 0.264 e. The first kappa shape index (κ1) is 19.0. The molecule has 0 atom stereocenters. The predicted molar refractivity (Wildman–Crippen MR) is 78.0 cm³/mol. The molecule has 0 radical (unpaired) electrons. The van der Waals surface area contributed by atoms with E-state index in [9.17, 15) is 8.42 Å². The Morgan fingerprint density at radius 3 is 2.45 bits per heavy atom. The molecule has 128 valence electrons. The van der Waals surface area contributed by atoms with Crippen molar-refractivity contribution in [3.8, 4) is 0 Å². The Morgan fingerprint density at radius 2 is 1.77 bits per heavy atom. The first-order chi connectivity index (χ1) is 10.5. The summed E-state index contributed by atoms with van der Waals surface area (Å²) in [5.74, 6) is 0. The van der Waals surface area contributed by atoms with Crippen LogP contribution in [-0.2, 0) is 41.5 Å². The van der Waals surface area contributed by atoms with Gasteiger partial charge in [-0.25, -0.2) is 4.68 Å². The van der Waals surface area contributed by atoms with E-state index in [1.807, 2.05) is 0 Å². The quantitative estimate of drug-likeness (QED) is 0.350. The molecule has 0 aromatic carbocycles. The highest BCUT2D eigenvalue weighted by Gasteiger charge is 2.05. The Labute approximate surface area is 130 Å². The molecule has 0 N–H and O–H groups in total. The van der Waals surface area contributed by atoms with Crippen LogP contribution >= 0.6 is 0 Å². The van der Waals surface area contributed by atoms with Gasteiger partial charge in [-0.3, -0.25) is 4.18 Å². The van der Waals surface area contributed by atoms with E-state index in [0.717, 1.165) is 6.26 Å². The van der Waals surface area contributed by atoms with Gasteiger partial charge in [0.15, 0.2) is 0 Å². The molecular weight excluding hydrogens is 314 g/mol. The minimum Gasteiger partial charge on any atom is -0.382 e. The van der Waals surface area contributed by atoms with Crippen molar-refractivity contribution in [2.24, 2.45) is 0 Å². The van der Waals surface area contributed by atoms with Crippen molar-refractivity contribution < 1.29 is 26.8 Å². The second-order valence-electron chi connectivity index (χ2n) is 4.47. The Kier molecular flexibility index (Phi) is 9.16. The second-order valence-corrected chi connectivity index (χ2v) is 6.11. The Balaban J connectivity index is 2.07. The number of nitrogens with zero attached hydrogens (tertiary/aromatic N) is 3. The number of aromatic nitrogens is 3. The van der Waals surface area contributed by atoms with Gasteiger partial charge >= 0.3 is 0 Å². The van der Waals surface area contributed by atoms with E-state index in [2.05, 4.69) is 14.5 Å². The van der Waals surface area contributed by atoms with E-state index in [1.54, 1.807) is 18.0 Å². The molecule has 1 rings (SSSR count). The molecular formula is C12H23N3O6S. The average molecular weight is 337 g/mol. The third kappa shape index (κ3) is 9.79. The summed E-state index contributed by atoms with van der Waals surface area (Å²) < 4.78 is 43.4. The van der Waals surface area contributed by atoms with Gasteiger partial charge in [-0.1, -0.05) is 5.21 Å². The fraction of sp³-hybridized carbons (Fsp3) is 0.833. The highest BCUT2D eigenvalue weighted by atomic mass is 32.2. The van der Waals surface area contributed by atoms with E-state index < -0.39 is 10.1 Å². The molecule has 0 aliphatic rings. The number of hydrogen-bond donors (Lipinski definition) is 0. The lowest BCUT2D eigenvalue weighted by atomic mass is 10.3. The standard InChI is InChI=1S/C12H23N3O6S/c1-18-7-8-20-10-9-19-6-4-15-11-12(13-14-15)3-5-21-22(2,16)17/h11H,3-10H2,1-2H3. The van der Waals surface area contributed by atoms with Gasteiger partial charge in [0, 0.05) is 19.7 Å². The molecule has 0 spiro atoms. The normalized spacial score (nSPS) is 11.9. The molecule has 0 unspecified atom stereocenters. The minimum atomic E-state index is -3.41. The number of methoxy groups -OCH3 is 1. The minimum absolute atomic E-state index is 0.0623. The number of rotatable bonds is 13. The van der Waals surface area contributed by atoms with Crippen LogP contribution in [0.25, 0.3) is 0 Å². The van der Waals surface area contributed by atoms with Crippen molar-refractivity contribution >= 4 is 10.1 Å². The van der Waals surface area contributed by atoms with Gasteiger partial charge in [0.1, 0.15) is 0 Å². The average Bonchev–Trinajstić information content (AvgIpc) is 2.88. The van der Waals surface area contributed by atoms with Gasteiger partial charge < -0.3 is 14.2 Å². The summed E-state index contributed by atoms with van der Waals surface area (Å²) in [6.45, 7) is 3.29. The molecule has 1 heterocycles. The number of hydrogen-bond acceptors (Lipinski definition) is 8. The van der Waals surface area contributed by atoms with Crippen molar-refractivity contribution in [3.05, 3.63) is 11.9 Å². The summed E-state index contributed by atoms with van der Waals surface area (Å²) in [7, 11) is -1.79. The topological polar surface area (TPSA) is 102 Å². The monoisotopic (exact) mass is 337 g/mol. The summed E-state index contributed by atoms with van der Waals surface area (Å²) in [6.07, 6.45) is 3.14. The van der Waals surface area contributed by atoms with Crippen LogP contribution in [0.2, 0.25) is 0 Å². The predicted octanol–water partition coefficient (Wildman–Crippen LogP) is -0.524. The number of ether oxygens (including phenoxy) is 3. The van der Waals surface area contributed by atoms with Crippen LogP contribution in [0.5, 0.6) is 0 Å². The SMILES string of the molecule is COCCOCCOCCn1cc(CCOS(C)(=O)=O)nn1. The molecule has 0 aliphatic carbocycles. The van der Waals surface area contributed by atoms with Crippen LogP contribution in [0.15, 0.2) is 6.20 Å². The van der Waals surface area contributed by atoms with Crippen LogP contribution < -0.4 is 0 Å². The molecule has 22 heavy (non-hydrogen) atoms. The van der Waals surface area contributed by atoms with Gasteiger partial charge in [-0.2, -0.15) is 8.42 Å². The first-order valence-electron chi connectivity index (χ1n) is 6.89. The van der Waals surface area contributed by atoms with Gasteiger partial charge in [-0.15, -0.1) is 5.10 Å². The zero-order valence-electron chi connectivity index (χ0n) is 12.9. The van der Waals surface area contributed by atoms with Crippen molar-refractivity contribution in [3.63, 3.8) is 0 Å². The lowest BCUT2D eigenvalue weighted by Gasteiger charge is -2.05. The van der Waals surface area contributed by atoms with Crippen LogP contribution in [0.3, 0.4) is 0 Å². The van der Waals surface area contributed by atoms with Gasteiger partial charge in [0.2, 0.25) is 0 Å². The van der Waals surface area contributed by atoms with E-state index in [1.165, 1.54) is 0 Å². The highest BCUT2D eigenvalue weighted by Crippen LogP contribution is 1.97. The van der Waals surface area contributed by atoms with E-state index in [-0.39, 0.29) is 6.61 Å². The van der Waals surface area contributed by atoms with Crippen LogP contribution in [0, 0.1) is 0 Å². The Hall–Kier alpha value is -1.07. The summed E-state index contributed by atoms with van der Waals surface area (Å²) >= 11 is 0. The zero-order valence-corrected chi connectivity index (χ0v) is 13.8. The van der Waals surface area contributed by atoms with E-state index in [4.69, 9.17) is 14.2 Å². The summed E-state index contributed by atoms with van der Waals surface area (Å²) in [5.41, 5.74) is 0.673. The fourth-order valence-corrected chi connectivity index (χ4v) is 1.87. The molecule has 10 heteroatoms. The van der Waals surface area contributed by atoms with Crippen LogP contribution in [0.4, 0.5) is 0 Å². The third-order valence-corrected chi connectivity index (χ3v) is 3.11. The van der Waals surface area contributed by atoms with Crippen molar-refractivity contribution in [2.45, 2.75) is 13.0 Å². The summed E-state index contributed by atoms with van der Waals surface area (Å²) in [6, 6.07) is 0. The molecule has 0 bridgehead atoms. The molecule has 0 fully saturated rings. The molecule has 0 saturated carbocycles. The lowest BCUT2D eigenvalue weighted by Crippen LogP contribution is -2.12. The zero-order chi connectivity index (χ0) is 16.3. The molecule has 9 nitrogen and oxygen atoms in total.